The Kier molecular flexibility index (Phi) is 2.27. The summed E-state index contributed by atoms with van der Waals surface area (Å²) >= 11 is 0. The van der Waals surface area contributed by atoms with E-state index in [2.05, 4.69) is 17.5 Å². The van der Waals surface area contributed by atoms with E-state index < -0.39 is 0 Å². The standard InChI is InChI=1S/C10H17N/c1-2-5-9-7-4-8-10(11-9)6-3-1/h4,7,9-11H,1-3,5-6,8H2. The van der Waals surface area contributed by atoms with Crippen molar-refractivity contribution in [1.29, 1.82) is 0 Å². The van der Waals surface area contributed by atoms with Crippen molar-refractivity contribution in [2.24, 2.45) is 0 Å². The van der Waals surface area contributed by atoms with Crippen LogP contribution in [-0.4, -0.2) is 12.1 Å². The normalized spacial score (nSPS) is 37.8. The van der Waals surface area contributed by atoms with E-state index in [0.29, 0.717) is 6.04 Å². The highest BCUT2D eigenvalue weighted by molar-refractivity contribution is 5.02. The second kappa shape index (κ2) is 3.40. The zero-order valence-electron chi connectivity index (χ0n) is 7.05. The van der Waals surface area contributed by atoms with E-state index in [4.69, 9.17) is 0 Å². The Morgan fingerprint density at radius 2 is 2.00 bits per heavy atom. The van der Waals surface area contributed by atoms with Gasteiger partial charge in [-0.15, -0.1) is 0 Å². The summed E-state index contributed by atoms with van der Waals surface area (Å²) in [6.45, 7) is 0. The van der Waals surface area contributed by atoms with Crippen molar-refractivity contribution in [2.75, 3.05) is 0 Å². The quantitative estimate of drug-likeness (QED) is 0.523. The third-order valence-electron chi connectivity index (χ3n) is 2.81. The molecule has 0 spiro atoms. The van der Waals surface area contributed by atoms with E-state index >= 15 is 0 Å². The molecule has 2 heterocycles. The lowest BCUT2D eigenvalue weighted by molar-refractivity contribution is 0.366. The highest BCUT2D eigenvalue weighted by Crippen LogP contribution is 2.19. The molecule has 2 atom stereocenters. The van der Waals surface area contributed by atoms with Crippen LogP contribution in [0.2, 0.25) is 0 Å². The van der Waals surface area contributed by atoms with Crippen LogP contribution in [0, 0.1) is 0 Å². The molecule has 1 heteroatoms. The molecule has 2 bridgehead atoms. The van der Waals surface area contributed by atoms with Crippen molar-refractivity contribution in [2.45, 2.75) is 50.6 Å². The molecular formula is C10H17N. The summed E-state index contributed by atoms with van der Waals surface area (Å²) in [7, 11) is 0. The molecule has 2 aliphatic rings. The summed E-state index contributed by atoms with van der Waals surface area (Å²) in [6, 6.07) is 1.50. The first-order valence-corrected chi connectivity index (χ1v) is 4.88. The van der Waals surface area contributed by atoms with Gasteiger partial charge in [0.1, 0.15) is 0 Å². The fourth-order valence-corrected chi connectivity index (χ4v) is 2.15. The lowest BCUT2D eigenvalue weighted by Gasteiger charge is -2.29. The molecule has 0 aromatic carbocycles. The van der Waals surface area contributed by atoms with Crippen LogP contribution >= 0.6 is 0 Å². The van der Waals surface area contributed by atoms with Gasteiger partial charge in [-0.3, -0.25) is 0 Å². The van der Waals surface area contributed by atoms with Gasteiger partial charge in [0.25, 0.3) is 0 Å². The van der Waals surface area contributed by atoms with E-state index in [9.17, 15) is 0 Å². The van der Waals surface area contributed by atoms with Crippen LogP contribution in [0.4, 0.5) is 0 Å². The molecule has 11 heavy (non-hydrogen) atoms. The third kappa shape index (κ3) is 1.84. The molecule has 1 nitrogen and oxygen atoms in total. The predicted octanol–water partition coefficient (Wildman–Crippen LogP) is 2.24. The Morgan fingerprint density at radius 3 is 3.00 bits per heavy atom. The minimum Gasteiger partial charge on any atom is -0.307 e. The summed E-state index contributed by atoms with van der Waals surface area (Å²) in [6.07, 6.45) is 13.0. The minimum atomic E-state index is 0.703. The first-order chi connectivity index (χ1) is 5.45. The maximum atomic E-state index is 3.67. The van der Waals surface area contributed by atoms with Gasteiger partial charge in [0.2, 0.25) is 0 Å². The fourth-order valence-electron chi connectivity index (χ4n) is 2.15. The molecule has 1 N–H and O–H groups in total. The highest BCUT2D eigenvalue weighted by Gasteiger charge is 2.17. The molecule has 2 aliphatic heterocycles. The Labute approximate surface area is 68.9 Å². The Balaban J connectivity index is 1.99. The molecule has 0 saturated carbocycles. The second-order valence-corrected chi connectivity index (χ2v) is 3.77. The van der Waals surface area contributed by atoms with Gasteiger partial charge < -0.3 is 5.32 Å². The molecule has 62 valence electrons. The van der Waals surface area contributed by atoms with E-state index in [-0.39, 0.29) is 0 Å². The van der Waals surface area contributed by atoms with Gasteiger partial charge in [0, 0.05) is 12.1 Å². The van der Waals surface area contributed by atoms with Crippen molar-refractivity contribution < 1.29 is 0 Å². The van der Waals surface area contributed by atoms with E-state index in [1.54, 1.807) is 0 Å². The SMILES string of the molecule is C1=CC2CCCCCC(C1)N2. The van der Waals surface area contributed by atoms with Crippen LogP contribution in [-0.2, 0) is 0 Å². The number of hydrogen-bond acceptors (Lipinski definition) is 1. The Morgan fingerprint density at radius 1 is 1.09 bits per heavy atom. The molecular weight excluding hydrogens is 134 g/mol. The lowest BCUT2D eigenvalue weighted by atomic mass is 9.94. The largest absolute Gasteiger partial charge is 0.307 e. The van der Waals surface area contributed by atoms with Crippen LogP contribution in [0.25, 0.3) is 0 Å². The summed E-state index contributed by atoms with van der Waals surface area (Å²) in [4.78, 5) is 0. The molecule has 0 aromatic rings. The number of hydrogen-bond donors (Lipinski definition) is 1. The maximum absolute atomic E-state index is 3.67. The van der Waals surface area contributed by atoms with E-state index in [0.717, 1.165) is 6.04 Å². The number of nitrogens with one attached hydrogen (secondary N) is 1. The Bertz CT molecular complexity index is 151. The van der Waals surface area contributed by atoms with Crippen LogP contribution in [0.15, 0.2) is 12.2 Å². The average molecular weight is 151 g/mol. The van der Waals surface area contributed by atoms with Crippen molar-refractivity contribution in [3.8, 4) is 0 Å². The molecule has 1 saturated heterocycles. The van der Waals surface area contributed by atoms with E-state index in [1.165, 1.54) is 38.5 Å². The van der Waals surface area contributed by atoms with Gasteiger partial charge in [0.15, 0.2) is 0 Å². The topological polar surface area (TPSA) is 12.0 Å². The van der Waals surface area contributed by atoms with Gasteiger partial charge in [-0.05, 0) is 19.3 Å². The molecule has 1 fully saturated rings. The van der Waals surface area contributed by atoms with Crippen molar-refractivity contribution in [3.63, 3.8) is 0 Å². The summed E-state index contributed by atoms with van der Waals surface area (Å²) in [5, 5.41) is 3.67. The maximum Gasteiger partial charge on any atom is 0.0252 e. The molecule has 0 aromatic heterocycles. The zero-order chi connectivity index (χ0) is 7.52. The van der Waals surface area contributed by atoms with E-state index in [1.807, 2.05) is 0 Å². The first-order valence-electron chi connectivity index (χ1n) is 4.88. The second-order valence-electron chi connectivity index (χ2n) is 3.77. The van der Waals surface area contributed by atoms with Crippen LogP contribution in [0.3, 0.4) is 0 Å². The van der Waals surface area contributed by atoms with Crippen LogP contribution in [0.1, 0.15) is 38.5 Å². The Hall–Kier alpha value is -0.300. The predicted molar refractivity (Wildman–Crippen MR) is 47.6 cm³/mol. The average Bonchev–Trinajstić information content (AvgIpc) is 2.02. The fraction of sp³-hybridized carbons (Fsp3) is 0.800. The summed E-state index contributed by atoms with van der Waals surface area (Å²) in [5.41, 5.74) is 0. The van der Waals surface area contributed by atoms with Crippen molar-refractivity contribution in [3.05, 3.63) is 12.2 Å². The molecule has 2 unspecified atom stereocenters. The highest BCUT2D eigenvalue weighted by atomic mass is 15.0. The molecule has 0 aliphatic carbocycles. The zero-order valence-corrected chi connectivity index (χ0v) is 7.05. The minimum absolute atomic E-state index is 0.703. The number of fused-ring (bicyclic) bond motifs is 2. The number of rotatable bonds is 0. The molecule has 0 radical (unpaired) electrons. The van der Waals surface area contributed by atoms with Gasteiger partial charge in [-0.1, -0.05) is 31.4 Å². The summed E-state index contributed by atoms with van der Waals surface area (Å²) in [5.74, 6) is 0. The summed E-state index contributed by atoms with van der Waals surface area (Å²) < 4.78 is 0. The van der Waals surface area contributed by atoms with Crippen LogP contribution < -0.4 is 5.32 Å². The van der Waals surface area contributed by atoms with Gasteiger partial charge >= 0.3 is 0 Å². The third-order valence-corrected chi connectivity index (χ3v) is 2.81. The van der Waals surface area contributed by atoms with Gasteiger partial charge in [-0.25, -0.2) is 0 Å². The van der Waals surface area contributed by atoms with Gasteiger partial charge in [-0.2, -0.15) is 0 Å². The molecule has 0 amide bonds. The van der Waals surface area contributed by atoms with Gasteiger partial charge in [0.05, 0.1) is 0 Å². The monoisotopic (exact) mass is 151 g/mol. The van der Waals surface area contributed by atoms with Crippen molar-refractivity contribution in [1.82, 2.24) is 5.32 Å². The first kappa shape index (κ1) is 7.35. The smallest absolute Gasteiger partial charge is 0.0252 e. The van der Waals surface area contributed by atoms with Crippen LogP contribution in [0.5, 0.6) is 0 Å². The van der Waals surface area contributed by atoms with Crippen molar-refractivity contribution >= 4 is 0 Å². The molecule has 2 rings (SSSR count). The lowest BCUT2D eigenvalue weighted by Crippen LogP contribution is -2.40.